The Morgan fingerprint density at radius 1 is 1.10 bits per heavy atom. The Morgan fingerprint density at radius 2 is 1.80 bits per heavy atom. The van der Waals surface area contributed by atoms with Crippen LogP contribution < -0.4 is 16.0 Å². The molecule has 9 heteroatoms. The predicted octanol–water partition coefficient (Wildman–Crippen LogP) is -1.47. The molecule has 0 aliphatic carbocycles. The highest BCUT2D eigenvalue weighted by Crippen LogP contribution is 1.93. The largest absolute Gasteiger partial charge is 0.481 e. The van der Waals surface area contributed by atoms with Crippen LogP contribution in [0.1, 0.15) is 12.8 Å². The number of thiol groups is 1. The van der Waals surface area contributed by atoms with Crippen molar-refractivity contribution >= 4 is 30.5 Å². The molecule has 0 aromatic heterocycles. The number of nitrogens with one attached hydrogen (secondary N) is 3. The van der Waals surface area contributed by atoms with Gasteiger partial charge in [0.05, 0.1) is 13.0 Å². The number of carboxylic acids is 2. The monoisotopic (exact) mass is 307 g/mol. The quantitative estimate of drug-likeness (QED) is 0.192. The summed E-state index contributed by atoms with van der Waals surface area (Å²) in [5.74, 6) is -1.67. The second-order valence-corrected chi connectivity index (χ2v) is 4.47. The summed E-state index contributed by atoms with van der Waals surface area (Å²) >= 11 is 3.97. The van der Waals surface area contributed by atoms with Crippen LogP contribution in [0.5, 0.6) is 0 Å². The molecule has 0 fully saturated rings. The second kappa shape index (κ2) is 11.5. The summed E-state index contributed by atoms with van der Waals surface area (Å²) in [4.78, 5) is 32.3. The van der Waals surface area contributed by atoms with E-state index in [1.54, 1.807) is 0 Å². The van der Waals surface area contributed by atoms with Gasteiger partial charge < -0.3 is 26.2 Å². The van der Waals surface area contributed by atoms with Crippen molar-refractivity contribution in [3.05, 3.63) is 0 Å². The van der Waals surface area contributed by atoms with E-state index in [1.807, 2.05) is 0 Å². The molecule has 8 nitrogen and oxygen atoms in total. The van der Waals surface area contributed by atoms with Crippen LogP contribution in [0, 0.1) is 0 Å². The van der Waals surface area contributed by atoms with Gasteiger partial charge in [0.1, 0.15) is 6.04 Å². The van der Waals surface area contributed by atoms with E-state index < -0.39 is 18.0 Å². The third kappa shape index (κ3) is 10.6. The standard InChI is InChI=1S/C11H21N3O5S/c15-9(7-12-3-1-10(16)17)14-5-4-13-8(2-6-20)11(18)19/h8,12-13,20H,1-7H2,(H,14,15)(H,16,17)(H,18,19). The summed E-state index contributed by atoms with van der Waals surface area (Å²) in [5, 5.41) is 25.3. The Hall–Kier alpha value is -1.32. The van der Waals surface area contributed by atoms with Crippen molar-refractivity contribution < 1.29 is 24.6 Å². The van der Waals surface area contributed by atoms with Crippen LogP contribution in [0.3, 0.4) is 0 Å². The van der Waals surface area contributed by atoms with Gasteiger partial charge in [0.2, 0.25) is 5.91 Å². The maximum absolute atomic E-state index is 11.3. The fourth-order valence-electron chi connectivity index (χ4n) is 1.35. The van der Waals surface area contributed by atoms with Crippen molar-refractivity contribution in [1.82, 2.24) is 16.0 Å². The summed E-state index contributed by atoms with van der Waals surface area (Å²) in [6, 6.07) is -0.668. The lowest BCUT2D eigenvalue weighted by molar-refractivity contribution is -0.139. The summed E-state index contributed by atoms with van der Waals surface area (Å²) in [6.07, 6.45) is 0.363. The maximum atomic E-state index is 11.3. The minimum Gasteiger partial charge on any atom is -0.481 e. The number of hydrogen-bond acceptors (Lipinski definition) is 6. The smallest absolute Gasteiger partial charge is 0.320 e. The maximum Gasteiger partial charge on any atom is 0.320 e. The first kappa shape index (κ1) is 18.7. The van der Waals surface area contributed by atoms with Crippen LogP contribution in [0.2, 0.25) is 0 Å². The number of rotatable bonds is 12. The third-order valence-corrected chi connectivity index (χ3v) is 2.61. The molecule has 20 heavy (non-hydrogen) atoms. The summed E-state index contributed by atoms with van der Waals surface area (Å²) in [5.41, 5.74) is 0. The van der Waals surface area contributed by atoms with Crippen molar-refractivity contribution in [1.29, 1.82) is 0 Å². The lowest BCUT2D eigenvalue weighted by Gasteiger charge is -2.13. The Kier molecular flexibility index (Phi) is 10.7. The van der Waals surface area contributed by atoms with Gasteiger partial charge in [-0.25, -0.2) is 0 Å². The molecule has 0 radical (unpaired) electrons. The average Bonchev–Trinajstić information content (AvgIpc) is 2.37. The highest BCUT2D eigenvalue weighted by Gasteiger charge is 2.14. The first-order chi connectivity index (χ1) is 9.47. The Bertz CT molecular complexity index is 327. The minimum atomic E-state index is -0.944. The van der Waals surface area contributed by atoms with Crippen LogP contribution >= 0.6 is 12.6 Å². The summed E-state index contributed by atoms with van der Waals surface area (Å²) in [7, 11) is 0. The van der Waals surface area contributed by atoms with Crippen molar-refractivity contribution in [2.75, 3.05) is 31.9 Å². The fourth-order valence-corrected chi connectivity index (χ4v) is 1.61. The van der Waals surface area contributed by atoms with E-state index >= 15 is 0 Å². The minimum absolute atomic E-state index is 0.0340. The van der Waals surface area contributed by atoms with Gasteiger partial charge in [0.25, 0.3) is 0 Å². The lowest BCUT2D eigenvalue weighted by Crippen LogP contribution is -2.43. The van der Waals surface area contributed by atoms with E-state index in [9.17, 15) is 14.4 Å². The van der Waals surface area contributed by atoms with E-state index in [2.05, 4.69) is 28.6 Å². The van der Waals surface area contributed by atoms with Gasteiger partial charge >= 0.3 is 11.9 Å². The molecule has 5 N–H and O–H groups in total. The third-order valence-electron chi connectivity index (χ3n) is 2.35. The molecular formula is C11H21N3O5S. The van der Waals surface area contributed by atoms with E-state index in [0.29, 0.717) is 25.3 Å². The predicted molar refractivity (Wildman–Crippen MR) is 76.0 cm³/mol. The van der Waals surface area contributed by atoms with Gasteiger partial charge in [0.15, 0.2) is 0 Å². The Morgan fingerprint density at radius 3 is 2.35 bits per heavy atom. The highest BCUT2D eigenvalue weighted by molar-refractivity contribution is 7.80. The highest BCUT2D eigenvalue weighted by atomic mass is 32.1. The number of carboxylic acid groups (broad SMARTS) is 2. The molecule has 0 aromatic rings. The fraction of sp³-hybridized carbons (Fsp3) is 0.727. The van der Waals surface area contributed by atoms with E-state index in [-0.39, 0.29) is 25.4 Å². The normalized spacial score (nSPS) is 11.8. The van der Waals surface area contributed by atoms with E-state index in [1.165, 1.54) is 0 Å². The molecule has 0 aliphatic heterocycles. The van der Waals surface area contributed by atoms with Gasteiger partial charge in [-0.2, -0.15) is 12.6 Å². The average molecular weight is 307 g/mol. The van der Waals surface area contributed by atoms with Gasteiger partial charge in [-0.15, -0.1) is 0 Å². The first-order valence-corrected chi connectivity index (χ1v) is 6.87. The molecule has 0 bridgehead atoms. The molecule has 0 heterocycles. The molecule has 1 atom stereocenters. The van der Waals surface area contributed by atoms with Crippen molar-refractivity contribution in [3.63, 3.8) is 0 Å². The topological polar surface area (TPSA) is 128 Å². The second-order valence-electron chi connectivity index (χ2n) is 4.03. The summed E-state index contributed by atoms with van der Waals surface area (Å²) < 4.78 is 0. The van der Waals surface area contributed by atoms with Crippen LogP contribution in [0.25, 0.3) is 0 Å². The molecule has 0 saturated heterocycles. The van der Waals surface area contributed by atoms with Crippen molar-refractivity contribution in [2.45, 2.75) is 18.9 Å². The van der Waals surface area contributed by atoms with Gasteiger partial charge in [-0.3, -0.25) is 14.4 Å². The number of carbonyl (C=O) groups excluding carboxylic acids is 1. The molecule has 0 rings (SSSR count). The molecular weight excluding hydrogens is 286 g/mol. The molecule has 0 aromatic carbocycles. The number of aliphatic carboxylic acids is 2. The number of carbonyl (C=O) groups is 3. The zero-order valence-electron chi connectivity index (χ0n) is 11.1. The van der Waals surface area contributed by atoms with E-state index in [0.717, 1.165) is 0 Å². The van der Waals surface area contributed by atoms with Gasteiger partial charge in [-0.05, 0) is 12.2 Å². The number of hydrogen-bond donors (Lipinski definition) is 6. The molecule has 0 spiro atoms. The van der Waals surface area contributed by atoms with Crippen LogP contribution in [-0.4, -0.2) is 66.0 Å². The molecule has 116 valence electrons. The Labute approximate surface area is 122 Å². The molecule has 0 saturated carbocycles. The van der Waals surface area contributed by atoms with Gasteiger partial charge in [0, 0.05) is 19.6 Å². The molecule has 1 unspecified atom stereocenters. The summed E-state index contributed by atoms with van der Waals surface area (Å²) in [6.45, 7) is 0.901. The van der Waals surface area contributed by atoms with Crippen LogP contribution in [0.15, 0.2) is 0 Å². The van der Waals surface area contributed by atoms with Crippen LogP contribution in [-0.2, 0) is 14.4 Å². The van der Waals surface area contributed by atoms with Crippen molar-refractivity contribution in [3.8, 4) is 0 Å². The molecule has 1 amide bonds. The zero-order chi connectivity index (χ0) is 15.4. The van der Waals surface area contributed by atoms with Crippen molar-refractivity contribution in [2.24, 2.45) is 0 Å². The number of amides is 1. The van der Waals surface area contributed by atoms with Crippen LogP contribution in [0.4, 0.5) is 0 Å². The lowest BCUT2D eigenvalue weighted by atomic mass is 10.2. The first-order valence-electron chi connectivity index (χ1n) is 6.23. The SMILES string of the molecule is O=C(O)CCNCC(=O)NCCNC(CCS)C(=O)O. The Balaban J connectivity index is 3.60. The molecule has 0 aliphatic rings. The zero-order valence-corrected chi connectivity index (χ0v) is 12.0. The van der Waals surface area contributed by atoms with E-state index in [4.69, 9.17) is 10.2 Å². The van der Waals surface area contributed by atoms with Gasteiger partial charge in [-0.1, -0.05) is 0 Å².